The van der Waals surface area contributed by atoms with Crippen molar-refractivity contribution in [3.63, 3.8) is 0 Å². The van der Waals surface area contributed by atoms with Gasteiger partial charge in [0, 0.05) is 10.0 Å². The Labute approximate surface area is 84.2 Å². The molecule has 1 aromatic rings. The Morgan fingerprint density at radius 1 is 1.58 bits per heavy atom. The molecule has 0 radical (unpaired) electrons. The fraction of sp³-hybridized carbons (Fsp3) is 0.111. The van der Waals surface area contributed by atoms with Crippen LogP contribution in [-0.4, -0.2) is 0 Å². The highest BCUT2D eigenvalue weighted by Crippen LogP contribution is 2.28. The summed E-state index contributed by atoms with van der Waals surface area (Å²) < 4.78 is 13.8. The normalized spacial score (nSPS) is 10.0. The van der Waals surface area contributed by atoms with Crippen molar-refractivity contribution in [2.75, 3.05) is 0 Å². The second-order valence-corrected chi connectivity index (χ2v) is 3.85. The maximum atomic E-state index is 13.2. The van der Waals surface area contributed by atoms with E-state index in [1.54, 1.807) is 13.0 Å². The number of halogens is 3. The molecule has 0 atom stereocenters. The van der Waals surface area contributed by atoms with Crippen molar-refractivity contribution in [2.45, 2.75) is 6.92 Å². The smallest absolute Gasteiger partial charge is 0.133 e. The molecule has 0 spiro atoms. The molecule has 1 aromatic carbocycles. The predicted octanol–water partition coefficient (Wildman–Crippen LogP) is 4.27. The fourth-order valence-electron chi connectivity index (χ4n) is 0.950. The average molecular weight is 250 g/mol. The van der Waals surface area contributed by atoms with Gasteiger partial charge in [-0.25, -0.2) is 4.39 Å². The molecule has 64 valence electrons. The SMILES string of the molecule is C=C(C)c1c(F)cc(Br)cc1Cl. The molecule has 0 aliphatic carbocycles. The van der Waals surface area contributed by atoms with Gasteiger partial charge in [-0.2, -0.15) is 0 Å². The van der Waals surface area contributed by atoms with Crippen LogP contribution in [0, 0.1) is 5.82 Å². The summed E-state index contributed by atoms with van der Waals surface area (Å²) >= 11 is 8.94. The summed E-state index contributed by atoms with van der Waals surface area (Å²) in [5.41, 5.74) is 1.02. The highest BCUT2D eigenvalue weighted by atomic mass is 79.9. The standard InChI is InChI=1S/C9H7BrClF/c1-5(2)9-7(11)3-6(10)4-8(9)12/h3-4H,1H2,2H3. The van der Waals surface area contributed by atoms with Gasteiger partial charge in [0.05, 0.1) is 5.02 Å². The van der Waals surface area contributed by atoms with Gasteiger partial charge < -0.3 is 0 Å². The van der Waals surface area contributed by atoms with Crippen molar-refractivity contribution >= 4 is 33.1 Å². The van der Waals surface area contributed by atoms with Crippen molar-refractivity contribution in [2.24, 2.45) is 0 Å². The molecule has 12 heavy (non-hydrogen) atoms. The van der Waals surface area contributed by atoms with Gasteiger partial charge in [-0.3, -0.25) is 0 Å². The zero-order chi connectivity index (χ0) is 9.30. The van der Waals surface area contributed by atoms with Crippen LogP contribution in [0.4, 0.5) is 4.39 Å². The predicted molar refractivity (Wildman–Crippen MR) is 53.8 cm³/mol. The molecule has 0 fully saturated rings. The van der Waals surface area contributed by atoms with Gasteiger partial charge >= 0.3 is 0 Å². The van der Waals surface area contributed by atoms with E-state index in [0.29, 0.717) is 20.6 Å². The van der Waals surface area contributed by atoms with Crippen molar-refractivity contribution in [1.29, 1.82) is 0 Å². The number of hydrogen-bond acceptors (Lipinski definition) is 0. The Morgan fingerprint density at radius 2 is 2.17 bits per heavy atom. The van der Waals surface area contributed by atoms with Crippen molar-refractivity contribution < 1.29 is 4.39 Å². The van der Waals surface area contributed by atoms with Crippen LogP contribution in [0.2, 0.25) is 5.02 Å². The van der Waals surface area contributed by atoms with E-state index in [1.807, 2.05) is 0 Å². The molecule has 0 aliphatic rings. The molecule has 0 bridgehead atoms. The highest BCUT2D eigenvalue weighted by molar-refractivity contribution is 9.10. The van der Waals surface area contributed by atoms with E-state index in [4.69, 9.17) is 11.6 Å². The van der Waals surface area contributed by atoms with Crippen molar-refractivity contribution in [3.8, 4) is 0 Å². The summed E-state index contributed by atoms with van der Waals surface area (Å²) in [6.45, 7) is 5.36. The van der Waals surface area contributed by atoms with Crippen molar-refractivity contribution in [3.05, 3.63) is 39.6 Å². The third-order valence-electron chi connectivity index (χ3n) is 1.43. The first kappa shape index (κ1) is 9.75. The van der Waals surface area contributed by atoms with Gasteiger partial charge in [0.1, 0.15) is 5.82 Å². The minimum Gasteiger partial charge on any atom is -0.206 e. The molecular formula is C9H7BrClF. The topological polar surface area (TPSA) is 0 Å². The fourth-order valence-corrected chi connectivity index (χ4v) is 1.88. The molecule has 1 rings (SSSR count). The maximum Gasteiger partial charge on any atom is 0.133 e. The monoisotopic (exact) mass is 248 g/mol. The number of benzene rings is 1. The Kier molecular flexibility index (Phi) is 2.91. The van der Waals surface area contributed by atoms with Crippen LogP contribution in [0.3, 0.4) is 0 Å². The van der Waals surface area contributed by atoms with Gasteiger partial charge in [0.25, 0.3) is 0 Å². The molecule has 0 N–H and O–H groups in total. The molecule has 0 aliphatic heterocycles. The van der Waals surface area contributed by atoms with Gasteiger partial charge in [-0.05, 0) is 24.6 Å². The zero-order valence-electron chi connectivity index (χ0n) is 6.50. The Hall–Kier alpha value is -0.340. The second kappa shape index (κ2) is 3.58. The van der Waals surface area contributed by atoms with E-state index in [9.17, 15) is 4.39 Å². The van der Waals surface area contributed by atoms with E-state index in [-0.39, 0.29) is 5.82 Å². The van der Waals surface area contributed by atoms with Gasteiger partial charge in [0.2, 0.25) is 0 Å². The summed E-state index contributed by atoms with van der Waals surface area (Å²) in [6.07, 6.45) is 0. The molecule has 0 unspecified atom stereocenters. The first-order valence-corrected chi connectivity index (χ1v) is 4.50. The molecule has 0 amide bonds. The third kappa shape index (κ3) is 1.87. The van der Waals surface area contributed by atoms with Gasteiger partial charge in [-0.15, -0.1) is 0 Å². The Bertz CT molecular complexity index is 310. The zero-order valence-corrected chi connectivity index (χ0v) is 8.84. The quantitative estimate of drug-likeness (QED) is 0.697. The first-order chi connectivity index (χ1) is 5.52. The highest BCUT2D eigenvalue weighted by Gasteiger charge is 2.08. The number of hydrogen-bond donors (Lipinski definition) is 0. The van der Waals surface area contributed by atoms with Crippen LogP contribution in [0.25, 0.3) is 5.57 Å². The summed E-state index contributed by atoms with van der Waals surface area (Å²) in [5, 5.41) is 0.384. The van der Waals surface area contributed by atoms with E-state index in [1.165, 1.54) is 6.07 Å². The lowest BCUT2D eigenvalue weighted by atomic mass is 10.1. The minimum absolute atomic E-state index is 0.345. The average Bonchev–Trinajstić information content (AvgIpc) is 1.82. The van der Waals surface area contributed by atoms with Crippen LogP contribution in [0.15, 0.2) is 23.2 Å². The van der Waals surface area contributed by atoms with Crippen LogP contribution in [-0.2, 0) is 0 Å². The molecule has 0 heterocycles. The molecule has 0 saturated heterocycles. The van der Waals surface area contributed by atoms with Gasteiger partial charge in [0.15, 0.2) is 0 Å². The second-order valence-electron chi connectivity index (χ2n) is 2.52. The molecule has 3 heteroatoms. The van der Waals surface area contributed by atoms with E-state index < -0.39 is 0 Å². The van der Waals surface area contributed by atoms with Gasteiger partial charge in [-0.1, -0.05) is 34.1 Å². The third-order valence-corrected chi connectivity index (χ3v) is 2.19. The van der Waals surface area contributed by atoms with Crippen molar-refractivity contribution in [1.82, 2.24) is 0 Å². The summed E-state index contributed by atoms with van der Waals surface area (Å²) in [6, 6.07) is 3.02. The lowest BCUT2D eigenvalue weighted by Crippen LogP contribution is -1.87. The number of rotatable bonds is 1. The molecule has 0 saturated carbocycles. The largest absolute Gasteiger partial charge is 0.206 e. The Balaban J connectivity index is 3.38. The molecular weight excluding hydrogens is 242 g/mol. The van der Waals surface area contributed by atoms with Crippen LogP contribution in [0.5, 0.6) is 0 Å². The summed E-state index contributed by atoms with van der Waals surface area (Å²) in [7, 11) is 0. The maximum absolute atomic E-state index is 13.2. The minimum atomic E-state index is -0.345. The lowest BCUT2D eigenvalue weighted by molar-refractivity contribution is 0.623. The van der Waals surface area contributed by atoms with Crippen LogP contribution < -0.4 is 0 Å². The van der Waals surface area contributed by atoms with E-state index in [2.05, 4.69) is 22.5 Å². The summed E-state index contributed by atoms with van der Waals surface area (Å²) in [5.74, 6) is -0.345. The summed E-state index contributed by atoms with van der Waals surface area (Å²) in [4.78, 5) is 0. The molecule has 0 nitrogen and oxygen atoms in total. The van der Waals surface area contributed by atoms with Crippen LogP contribution in [0.1, 0.15) is 12.5 Å². The number of allylic oxidation sites excluding steroid dienone is 1. The Morgan fingerprint density at radius 3 is 2.58 bits per heavy atom. The van der Waals surface area contributed by atoms with Crippen LogP contribution >= 0.6 is 27.5 Å². The lowest BCUT2D eigenvalue weighted by Gasteiger charge is -2.05. The van der Waals surface area contributed by atoms with E-state index in [0.717, 1.165) is 0 Å². The molecule has 0 aromatic heterocycles. The van der Waals surface area contributed by atoms with E-state index >= 15 is 0 Å². The first-order valence-electron chi connectivity index (χ1n) is 3.33.